The van der Waals surface area contributed by atoms with E-state index in [1.165, 1.54) is 0 Å². The first-order chi connectivity index (χ1) is 9.05. The molecule has 19 heavy (non-hydrogen) atoms. The molecule has 1 N–H and O–H groups in total. The molecule has 104 valence electrons. The van der Waals surface area contributed by atoms with Crippen molar-refractivity contribution < 1.29 is 9.90 Å². The molecule has 1 aromatic heterocycles. The van der Waals surface area contributed by atoms with Crippen LogP contribution in [0.2, 0.25) is 0 Å². The molecular formula is C15H22N2O2. The van der Waals surface area contributed by atoms with E-state index in [0.717, 1.165) is 43.6 Å². The third-order valence-electron chi connectivity index (χ3n) is 3.97. The lowest BCUT2D eigenvalue weighted by molar-refractivity contribution is -0.148. The molecule has 1 atom stereocenters. The Morgan fingerprint density at radius 3 is 2.89 bits per heavy atom. The summed E-state index contributed by atoms with van der Waals surface area (Å²) in [6.45, 7) is 6.31. The van der Waals surface area contributed by atoms with Crippen LogP contribution in [0.3, 0.4) is 0 Å². The van der Waals surface area contributed by atoms with E-state index >= 15 is 0 Å². The first kappa shape index (κ1) is 14.0. The van der Waals surface area contributed by atoms with Gasteiger partial charge >= 0.3 is 5.97 Å². The highest BCUT2D eigenvalue weighted by Crippen LogP contribution is 2.36. The van der Waals surface area contributed by atoms with Crippen molar-refractivity contribution in [1.29, 1.82) is 0 Å². The molecule has 2 heterocycles. The van der Waals surface area contributed by atoms with Crippen LogP contribution in [-0.4, -0.2) is 34.0 Å². The van der Waals surface area contributed by atoms with E-state index in [2.05, 4.69) is 22.9 Å². The summed E-state index contributed by atoms with van der Waals surface area (Å²) < 4.78 is 0. The summed E-state index contributed by atoms with van der Waals surface area (Å²) in [5.41, 5.74) is 1.62. The minimum atomic E-state index is -0.645. The van der Waals surface area contributed by atoms with Crippen LogP contribution in [0.15, 0.2) is 18.3 Å². The van der Waals surface area contributed by atoms with Crippen molar-refractivity contribution in [1.82, 2.24) is 9.88 Å². The number of hydrogen-bond acceptors (Lipinski definition) is 3. The average molecular weight is 262 g/mol. The molecule has 0 aliphatic carbocycles. The number of aromatic nitrogens is 1. The minimum Gasteiger partial charge on any atom is -0.481 e. The summed E-state index contributed by atoms with van der Waals surface area (Å²) in [7, 11) is 0. The minimum absolute atomic E-state index is 0.542. The van der Waals surface area contributed by atoms with Gasteiger partial charge in [0.25, 0.3) is 0 Å². The maximum absolute atomic E-state index is 11.5. The molecule has 1 fully saturated rings. The molecule has 0 saturated carbocycles. The number of pyridine rings is 1. The summed E-state index contributed by atoms with van der Waals surface area (Å²) in [5.74, 6) is -0.645. The molecule has 4 heteroatoms. The predicted molar refractivity (Wildman–Crippen MR) is 73.8 cm³/mol. The standard InChI is InChI=1S/C15H22N2O2/c1-3-6-15(14(18)19)7-8-17(11-15)10-13-5-4-12(2)9-16-13/h4-5,9H,3,6-8,10-11H2,1-2H3,(H,18,19). The Balaban J connectivity index is 2.01. The Kier molecular flexibility index (Phi) is 4.20. The van der Waals surface area contributed by atoms with Gasteiger partial charge in [-0.25, -0.2) is 0 Å². The lowest BCUT2D eigenvalue weighted by Crippen LogP contribution is -2.34. The van der Waals surface area contributed by atoms with Gasteiger partial charge in [0.15, 0.2) is 0 Å². The van der Waals surface area contributed by atoms with Crippen LogP contribution in [-0.2, 0) is 11.3 Å². The number of carbonyl (C=O) groups is 1. The summed E-state index contributed by atoms with van der Waals surface area (Å²) in [6, 6.07) is 4.07. The number of carboxylic acid groups (broad SMARTS) is 1. The first-order valence-electron chi connectivity index (χ1n) is 6.93. The summed E-state index contributed by atoms with van der Waals surface area (Å²) in [6.07, 6.45) is 4.30. The Morgan fingerprint density at radius 1 is 1.53 bits per heavy atom. The Labute approximate surface area is 114 Å². The third kappa shape index (κ3) is 3.13. The first-order valence-corrected chi connectivity index (χ1v) is 6.93. The van der Waals surface area contributed by atoms with Gasteiger partial charge in [0.2, 0.25) is 0 Å². The molecule has 1 aliphatic heterocycles. The molecule has 1 aromatic rings. The zero-order chi connectivity index (χ0) is 13.9. The zero-order valence-corrected chi connectivity index (χ0v) is 11.7. The van der Waals surface area contributed by atoms with Crippen molar-refractivity contribution in [2.24, 2.45) is 5.41 Å². The Hall–Kier alpha value is -1.42. The van der Waals surface area contributed by atoms with Gasteiger partial charge in [0.05, 0.1) is 11.1 Å². The topological polar surface area (TPSA) is 53.4 Å². The molecule has 0 spiro atoms. The second-order valence-corrected chi connectivity index (χ2v) is 5.62. The summed E-state index contributed by atoms with van der Waals surface area (Å²) in [5, 5.41) is 9.47. The molecule has 0 radical (unpaired) electrons. The molecule has 0 aromatic carbocycles. The molecule has 4 nitrogen and oxygen atoms in total. The summed E-state index contributed by atoms with van der Waals surface area (Å²) in [4.78, 5) is 18.1. The number of likely N-dealkylation sites (tertiary alicyclic amines) is 1. The van der Waals surface area contributed by atoms with E-state index in [9.17, 15) is 9.90 Å². The molecule has 1 aliphatic rings. The van der Waals surface area contributed by atoms with Gasteiger partial charge < -0.3 is 5.11 Å². The van der Waals surface area contributed by atoms with Crippen molar-refractivity contribution in [2.45, 2.75) is 39.7 Å². The number of aryl methyl sites for hydroxylation is 1. The van der Waals surface area contributed by atoms with Crippen molar-refractivity contribution in [3.63, 3.8) is 0 Å². The van der Waals surface area contributed by atoms with E-state index in [1.54, 1.807) is 0 Å². The maximum Gasteiger partial charge on any atom is 0.310 e. The second-order valence-electron chi connectivity index (χ2n) is 5.62. The fraction of sp³-hybridized carbons (Fsp3) is 0.600. The zero-order valence-electron chi connectivity index (χ0n) is 11.7. The van der Waals surface area contributed by atoms with Crippen molar-refractivity contribution in [3.8, 4) is 0 Å². The average Bonchev–Trinajstić information content (AvgIpc) is 2.77. The highest BCUT2D eigenvalue weighted by molar-refractivity contribution is 5.75. The van der Waals surface area contributed by atoms with Crippen molar-refractivity contribution in [3.05, 3.63) is 29.6 Å². The van der Waals surface area contributed by atoms with Crippen molar-refractivity contribution >= 4 is 5.97 Å². The van der Waals surface area contributed by atoms with Gasteiger partial charge in [-0.1, -0.05) is 19.4 Å². The van der Waals surface area contributed by atoms with Crippen LogP contribution in [0.5, 0.6) is 0 Å². The Morgan fingerprint density at radius 2 is 2.32 bits per heavy atom. The molecule has 0 bridgehead atoms. The van der Waals surface area contributed by atoms with E-state index in [1.807, 2.05) is 19.2 Å². The number of hydrogen-bond donors (Lipinski definition) is 1. The predicted octanol–water partition coefficient (Wildman–Crippen LogP) is 2.47. The fourth-order valence-corrected chi connectivity index (χ4v) is 2.88. The monoisotopic (exact) mass is 262 g/mol. The molecule has 1 saturated heterocycles. The highest BCUT2D eigenvalue weighted by Gasteiger charge is 2.43. The van der Waals surface area contributed by atoms with E-state index in [4.69, 9.17) is 0 Å². The van der Waals surface area contributed by atoms with Gasteiger partial charge in [-0.3, -0.25) is 14.7 Å². The summed E-state index contributed by atoms with van der Waals surface area (Å²) >= 11 is 0. The van der Waals surface area contributed by atoms with E-state index in [-0.39, 0.29) is 0 Å². The largest absolute Gasteiger partial charge is 0.481 e. The SMILES string of the molecule is CCCC1(C(=O)O)CCN(Cc2ccc(C)cn2)C1. The van der Waals surface area contributed by atoms with Crippen LogP contribution in [0.4, 0.5) is 0 Å². The van der Waals surface area contributed by atoms with Crippen LogP contribution in [0.1, 0.15) is 37.4 Å². The van der Waals surface area contributed by atoms with Gasteiger partial charge in [0, 0.05) is 19.3 Å². The quantitative estimate of drug-likeness (QED) is 0.885. The lowest BCUT2D eigenvalue weighted by Gasteiger charge is -2.24. The highest BCUT2D eigenvalue weighted by atomic mass is 16.4. The van der Waals surface area contributed by atoms with Crippen LogP contribution in [0.25, 0.3) is 0 Å². The molecule has 1 unspecified atom stereocenters. The number of nitrogens with zero attached hydrogens (tertiary/aromatic N) is 2. The van der Waals surface area contributed by atoms with Crippen LogP contribution >= 0.6 is 0 Å². The second kappa shape index (κ2) is 5.70. The van der Waals surface area contributed by atoms with Crippen LogP contribution in [0, 0.1) is 12.3 Å². The lowest BCUT2D eigenvalue weighted by atomic mass is 9.83. The maximum atomic E-state index is 11.5. The van der Waals surface area contributed by atoms with Gasteiger partial charge in [-0.05, 0) is 37.9 Å². The van der Waals surface area contributed by atoms with Crippen LogP contribution < -0.4 is 0 Å². The normalized spacial score (nSPS) is 23.7. The Bertz CT molecular complexity index is 444. The van der Waals surface area contributed by atoms with Gasteiger partial charge in [-0.2, -0.15) is 0 Å². The fourth-order valence-electron chi connectivity index (χ4n) is 2.88. The smallest absolute Gasteiger partial charge is 0.310 e. The van der Waals surface area contributed by atoms with Crippen molar-refractivity contribution in [2.75, 3.05) is 13.1 Å². The van der Waals surface area contributed by atoms with Gasteiger partial charge in [0.1, 0.15) is 0 Å². The van der Waals surface area contributed by atoms with E-state index < -0.39 is 11.4 Å². The third-order valence-corrected chi connectivity index (χ3v) is 3.97. The molecule has 0 amide bonds. The molecular weight excluding hydrogens is 240 g/mol. The number of rotatable bonds is 5. The number of aliphatic carboxylic acids is 1. The number of carboxylic acids is 1. The van der Waals surface area contributed by atoms with Gasteiger partial charge in [-0.15, -0.1) is 0 Å². The molecule has 2 rings (SSSR count). The van der Waals surface area contributed by atoms with E-state index in [0.29, 0.717) is 6.54 Å².